The van der Waals surface area contributed by atoms with Crippen molar-refractivity contribution in [1.29, 1.82) is 0 Å². The lowest BCUT2D eigenvalue weighted by molar-refractivity contribution is -0.152. The number of nitrogens with zero attached hydrogens (tertiary/aromatic N) is 2. The van der Waals surface area contributed by atoms with Gasteiger partial charge in [0.15, 0.2) is 6.10 Å². The minimum Gasteiger partial charge on any atom is -0.481 e. The van der Waals surface area contributed by atoms with Crippen molar-refractivity contribution in [3.63, 3.8) is 0 Å². The third-order valence-electron chi connectivity index (χ3n) is 6.30. The van der Waals surface area contributed by atoms with E-state index >= 15 is 0 Å². The second-order valence-corrected chi connectivity index (χ2v) is 8.67. The van der Waals surface area contributed by atoms with Crippen LogP contribution in [0.15, 0.2) is 18.2 Å². The quantitative estimate of drug-likeness (QED) is 0.289. The van der Waals surface area contributed by atoms with E-state index in [1.165, 1.54) is 12.1 Å². The molecule has 1 unspecified atom stereocenters. The van der Waals surface area contributed by atoms with Gasteiger partial charge >= 0.3 is 11.9 Å². The second kappa shape index (κ2) is 13.0. The smallest absolute Gasteiger partial charge is 0.333 e. The van der Waals surface area contributed by atoms with Gasteiger partial charge in [0, 0.05) is 35.7 Å². The summed E-state index contributed by atoms with van der Waals surface area (Å²) in [6, 6.07) is 4.21. The molecule has 2 aromatic rings. The van der Waals surface area contributed by atoms with Crippen molar-refractivity contribution in [2.75, 3.05) is 25.0 Å². The number of aliphatic hydroxyl groups excluding tert-OH is 1. The van der Waals surface area contributed by atoms with Crippen LogP contribution in [-0.4, -0.2) is 74.3 Å². The monoisotopic (exact) mass is 532 g/mol. The number of nitrogens with one attached hydrogen (secondary N) is 1. The number of halogens is 1. The lowest BCUT2D eigenvalue weighted by Crippen LogP contribution is -2.27. The number of carboxylic acid groups (broad SMARTS) is 2. The van der Waals surface area contributed by atoms with Gasteiger partial charge in [-0.05, 0) is 56.8 Å². The average molecular weight is 533 g/mol. The minimum atomic E-state index is -1.79. The Morgan fingerprint density at radius 2 is 1.82 bits per heavy atom. The number of aromatic nitrogens is 1. The Bertz CT molecular complexity index is 1260. The first-order chi connectivity index (χ1) is 17.8. The van der Waals surface area contributed by atoms with Crippen LogP contribution in [-0.2, 0) is 20.9 Å². The third-order valence-corrected chi connectivity index (χ3v) is 6.30. The van der Waals surface area contributed by atoms with Gasteiger partial charge in [-0.15, -0.1) is 0 Å². The van der Waals surface area contributed by atoms with Gasteiger partial charge in [-0.2, -0.15) is 0 Å². The number of rotatable bonds is 10. The first kappa shape index (κ1) is 30.2. The maximum atomic E-state index is 13.8. The molecule has 3 rings (SSSR count). The second-order valence-electron chi connectivity index (χ2n) is 8.67. The van der Waals surface area contributed by atoms with Crippen LogP contribution in [0, 0.1) is 19.7 Å². The van der Waals surface area contributed by atoms with Crippen molar-refractivity contribution in [3.05, 3.63) is 52.1 Å². The standard InChI is InChI=1S/C22H27FN4O2.C4H6O5/c1-5-26(6-2)9-10-27-14(4)20(21(24)28)13(3)19(27)12-17-16-11-15(23)7-8-18(16)25-22(17)29;5-2(4(8)9)1-3(6)7/h7-8,11-12H,5-6,9-10H2,1-4H3,(H2,24,28)(H,25,29);2,5H,1H2,(H,6,7)(H,8,9). The molecule has 0 fully saturated rings. The van der Waals surface area contributed by atoms with E-state index in [1.807, 2.05) is 18.4 Å². The molecule has 1 atom stereocenters. The zero-order valence-electron chi connectivity index (χ0n) is 21.7. The first-order valence-corrected chi connectivity index (χ1v) is 12.0. The number of benzene rings is 1. The van der Waals surface area contributed by atoms with E-state index in [0.29, 0.717) is 28.9 Å². The summed E-state index contributed by atoms with van der Waals surface area (Å²) in [6.07, 6.45) is -0.810. The number of hydrogen-bond acceptors (Lipinski definition) is 6. The normalized spacial score (nSPS) is 14.1. The van der Waals surface area contributed by atoms with Gasteiger partial charge in [0.2, 0.25) is 0 Å². The molecule has 2 amide bonds. The van der Waals surface area contributed by atoms with E-state index < -0.39 is 36.2 Å². The molecular formula is C26H33FN4O7. The van der Waals surface area contributed by atoms with E-state index in [9.17, 15) is 23.6 Å². The highest BCUT2D eigenvalue weighted by Crippen LogP contribution is 2.35. The predicted octanol–water partition coefficient (Wildman–Crippen LogP) is 2.08. The summed E-state index contributed by atoms with van der Waals surface area (Å²) in [7, 11) is 0. The summed E-state index contributed by atoms with van der Waals surface area (Å²) in [4.78, 5) is 46.3. The van der Waals surface area contributed by atoms with Gasteiger partial charge in [0.05, 0.1) is 17.6 Å². The van der Waals surface area contributed by atoms with Crippen LogP contribution in [0.4, 0.5) is 10.1 Å². The van der Waals surface area contributed by atoms with Crippen LogP contribution < -0.4 is 11.1 Å². The Hall–Kier alpha value is -4.03. The number of aliphatic carboxylic acids is 2. The topological polar surface area (TPSA) is 175 Å². The number of nitrogens with two attached hydrogens (primary N) is 1. The van der Waals surface area contributed by atoms with Crippen LogP contribution in [0.5, 0.6) is 0 Å². The van der Waals surface area contributed by atoms with Crippen LogP contribution in [0.25, 0.3) is 11.6 Å². The number of anilines is 1. The number of amides is 2. The summed E-state index contributed by atoms with van der Waals surface area (Å²) in [5.41, 5.74) is 9.80. The van der Waals surface area contributed by atoms with Gasteiger partial charge in [-0.1, -0.05) is 13.8 Å². The summed E-state index contributed by atoms with van der Waals surface area (Å²) >= 11 is 0. The summed E-state index contributed by atoms with van der Waals surface area (Å²) in [5, 5.41) is 26.9. The van der Waals surface area contributed by atoms with Crippen molar-refractivity contribution in [2.45, 2.75) is 46.8 Å². The number of carboxylic acids is 2. The fraction of sp³-hybridized carbons (Fsp3) is 0.385. The number of likely N-dealkylation sites (N-methyl/N-ethyl adjacent to an activating group) is 1. The van der Waals surface area contributed by atoms with E-state index in [4.69, 9.17) is 21.1 Å². The van der Waals surface area contributed by atoms with Crippen molar-refractivity contribution in [3.8, 4) is 0 Å². The molecule has 38 heavy (non-hydrogen) atoms. The molecule has 1 aliphatic heterocycles. The summed E-state index contributed by atoms with van der Waals surface area (Å²) < 4.78 is 15.8. The molecule has 1 aliphatic rings. The van der Waals surface area contributed by atoms with Crippen molar-refractivity contribution in [1.82, 2.24) is 9.47 Å². The third kappa shape index (κ3) is 7.05. The molecule has 0 saturated heterocycles. The molecule has 0 radical (unpaired) electrons. The molecule has 0 bridgehead atoms. The van der Waals surface area contributed by atoms with Crippen LogP contribution in [0.2, 0.25) is 0 Å². The lowest BCUT2D eigenvalue weighted by Gasteiger charge is -2.20. The number of carbonyl (C=O) groups excluding carboxylic acids is 2. The average Bonchev–Trinajstić information content (AvgIpc) is 3.26. The first-order valence-electron chi connectivity index (χ1n) is 12.0. The Morgan fingerprint density at radius 3 is 2.32 bits per heavy atom. The molecule has 206 valence electrons. The lowest BCUT2D eigenvalue weighted by atomic mass is 10.0. The van der Waals surface area contributed by atoms with Crippen molar-refractivity contribution in [2.24, 2.45) is 5.73 Å². The fourth-order valence-electron chi connectivity index (χ4n) is 4.23. The molecule has 0 aliphatic carbocycles. The number of primary amides is 1. The van der Waals surface area contributed by atoms with Crippen molar-refractivity contribution < 1.29 is 38.9 Å². The Balaban J connectivity index is 0.000000484. The van der Waals surface area contributed by atoms with E-state index in [2.05, 4.69) is 24.1 Å². The highest BCUT2D eigenvalue weighted by atomic mass is 19.1. The van der Waals surface area contributed by atoms with Gasteiger partial charge in [0.1, 0.15) is 5.82 Å². The number of carbonyl (C=O) groups is 4. The molecule has 6 N–H and O–H groups in total. The Kier molecular flexibility index (Phi) is 10.3. The highest BCUT2D eigenvalue weighted by molar-refractivity contribution is 6.35. The highest BCUT2D eigenvalue weighted by Gasteiger charge is 2.27. The van der Waals surface area contributed by atoms with Gasteiger partial charge in [-0.3, -0.25) is 14.4 Å². The molecular weight excluding hydrogens is 499 g/mol. The molecule has 11 nitrogen and oxygen atoms in total. The molecule has 1 aromatic heterocycles. The maximum absolute atomic E-state index is 13.8. The molecule has 0 saturated carbocycles. The summed E-state index contributed by atoms with van der Waals surface area (Å²) in [6.45, 7) is 11.2. The van der Waals surface area contributed by atoms with E-state index in [0.717, 1.165) is 36.6 Å². The number of aliphatic hydroxyl groups is 1. The molecule has 12 heteroatoms. The van der Waals surface area contributed by atoms with Gasteiger partial charge in [-0.25, -0.2) is 9.18 Å². The van der Waals surface area contributed by atoms with Crippen LogP contribution in [0.1, 0.15) is 53.1 Å². The maximum Gasteiger partial charge on any atom is 0.333 e. The summed E-state index contributed by atoms with van der Waals surface area (Å²) in [5.74, 6) is -4.04. The van der Waals surface area contributed by atoms with Crippen LogP contribution >= 0.6 is 0 Å². The fourth-order valence-corrected chi connectivity index (χ4v) is 4.23. The minimum absolute atomic E-state index is 0.292. The van der Waals surface area contributed by atoms with Gasteiger partial charge < -0.3 is 35.8 Å². The van der Waals surface area contributed by atoms with E-state index in [-0.39, 0.29) is 5.91 Å². The zero-order valence-corrected chi connectivity index (χ0v) is 21.7. The van der Waals surface area contributed by atoms with E-state index in [1.54, 1.807) is 12.1 Å². The molecule has 0 spiro atoms. The Morgan fingerprint density at radius 1 is 1.18 bits per heavy atom. The molecule has 1 aromatic carbocycles. The van der Waals surface area contributed by atoms with Crippen molar-refractivity contribution >= 4 is 41.1 Å². The number of fused-ring (bicyclic) bond motifs is 1. The van der Waals surface area contributed by atoms with Crippen LogP contribution in [0.3, 0.4) is 0 Å². The Labute approximate surface area is 219 Å². The zero-order chi connectivity index (χ0) is 28.7. The molecule has 2 heterocycles. The predicted molar refractivity (Wildman–Crippen MR) is 139 cm³/mol. The van der Waals surface area contributed by atoms with Gasteiger partial charge in [0.25, 0.3) is 11.8 Å². The number of hydrogen-bond donors (Lipinski definition) is 5. The largest absolute Gasteiger partial charge is 0.481 e. The SMILES string of the molecule is CCN(CC)CCn1c(C)c(C(N)=O)c(C)c1C=C1C(=O)Nc2ccc(F)cc21.O=C(O)CC(O)C(=O)O.